The molecule has 2 aromatic rings. The van der Waals surface area contributed by atoms with Crippen molar-refractivity contribution in [2.45, 2.75) is 20.0 Å². The highest BCUT2D eigenvalue weighted by Gasteiger charge is 2.26. The van der Waals surface area contributed by atoms with Gasteiger partial charge in [0.15, 0.2) is 0 Å². The first-order valence-electron chi connectivity index (χ1n) is 6.09. The van der Waals surface area contributed by atoms with Gasteiger partial charge in [-0.25, -0.2) is 0 Å². The summed E-state index contributed by atoms with van der Waals surface area (Å²) in [5.74, 6) is -0.505. The number of aromatic amines is 1. The lowest BCUT2D eigenvalue weighted by atomic mass is 10.3. The van der Waals surface area contributed by atoms with E-state index >= 15 is 0 Å². The van der Waals surface area contributed by atoms with E-state index in [1.807, 2.05) is 6.92 Å². The van der Waals surface area contributed by atoms with Crippen LogP contribution in [0.5, 0.6) is 0 Å². The fourth-order valence-electron chi connectivity index (χ4n) is 1.88. The fraction of sp³-hybridized carbons (Fsp3) is 0.364. The average molecular weight is 357 g/mol. The van der Waals surface area contributed by atoms with Gasteiger partial charge in [-0.15, -0.1) is 0 Å². The summed E-state index contributed by atoms with van der Waals surface area (Å²) >= 11 is 3.37. The van der Waals surface area contributed by atoms with Crippen LogP contribution in [0.2, 0.25) is 0 Å². The first kappa shape index (κ1) is 15.2. The van der Waals surface area contributed by atoms with Crippen LogP contribution in [0.4, 0.5) is 5.69 Å². The van der Waals surface area contributed by atoms with Crippen molar-refractivity contribution in [3.63, 3.8) is 0 Å². The Morgan fingerprint density at radius 3 is 2.90 bits per heavy atom. The second-order valence-electron chi connectivity index (χ2n) is 4.30. The number of H-pyrrole nitrogens is 1. The van der Waals surface area contributed by atoms with Gasteiger partial charge in [-0.2, -0.15) is 10.2 Å². The van der Waals surface area contributed by atoms with Gasteiger partial charge in [0, 0.05) is 13.6 Å². The maximum Gasteiger partial charge on any atom is 0.319 e. The summed E-state index contributed by atoms with van der Waals surface area (Å²) in [6.07, 6.45) is 2.67. The number of rotatable bonds is 5. The number of nitrogens with one attached hydrogen (secondary N) is 1. The lowest BCUT2D eigenvalue weighted by molar-refractivity contribution is -0.385. The van der Waals surface area contributed by atoms with Crippen LogP contribution in [0.25, 0.3) is 0 Å². The van der Waals surface area contributed by atoms with E-state index in [2.05, 4.69) is 31.2 Å². The maximum absolute atomic E-state index is 12.3. The van der Waals surface area contributed by atoms with Crippen LogP contribution in [0.3, 0.4) is 0 Å². The second-order valence-corrected chi connectivity index (χ2v) is 5.16. The van der Waals surface area contributed by atoms with Crippen LogP contribution < -0.4 is 0 Å². The Morgan fingerprint density at radius 2 is 2.29 bits per heavy atom. The first-order chi connectivity index (χ1) is 9.95. The van der Waals surface area contributed by atoms with Gasteiger partial charge < -0.3 is 4.90 Å². The minimum absolute atomic E-state index is 0.138. The third-order valence-electron chi connectivity index (χ3n) is 2.96. The van der Waals surface area contributed by atoms with Crippen molar-refractivity contribution in [1.29, 1.82) is 0 Å². The standard InChI is InChI=1S/C11H13BrN6O3/c1-3-17-9(7(12)4-14-17)6-16(2)11(19)10-8(18(20)21)5-13-15-10/h4-5H,3,6H2,1-2H3,(H,13,15). The molecule has 0 atom stereocenters. The summed E-state index contributed by atoms with van der Waals surface area (Å²) in [5, 5.41) is 20.9. The van der Waals surface area contributed by atoms with E-state index in [0.717, 1.165) is 16.4 Å². The zero-order valence-corrected chi connectivity index (χ0v) is 13.0. The van der Waals surface area contributed by atoms with Gasteiger partial charge in [0.2, 0.25) is 5.69 Å². The van der Waals surface area contributed by atoms with Crippen molar-refractivity contribution in [3.8, 4) is 0 Å². The van der Waals surface area contributed by atoms with Gasteiger partial charge in [0.25, 0.3) is 5.91 Å². The summed E-state index contributed by atoms with van der Waals surface area (Å²) < 4.78 is 2.53. The molecule has 0 aromatic carbocycles. The number of carbonyl (C=O) groups excluding carboxylic acids is 1. The number of nitrogens with zero attached hydrogens (tertiary/aromatic N) is 5. The molecule has 0 bridgehead atoms. The number of carbonyl (C=O) groups is 1. The van der Waals surface area contributed by atoms with Gasteiger partial charge in [-0.05, 0) is 22.9 Å². The molecule has 1 amide bonds. The second kappa shape index (κ2) is 6.04. The third kappa shape index (κ3) is 2.94. The van der Waals surface area contributed by atoms with Crippen molar-refractivity contribution in [1.82, 2.24) is 24.9 Å². The average Bonchev–Trinajstić information content (AvgIpc) is 3.06. The van der Waals surface area contributed by atoms with Crippen LogP contribution in [0, 0.1) is 10.1 Å². The lowest BCUT2D eigenvalue weighted by Gasteiger charge is -2.17. The molecule has 10 heteroatoms. The zero-order valence-electron chi connectivity index (χ0n) is 11.4. The van der Waals surface area contributed by atoms with Crippen molar-refractivity contribution < 1.29 is 9.72 Å². The molecule has 112 valence electrons. The number of halogens is 1. The molecule has 1 N–H and O–H groups in total. The molecule has 0 radical (unpaired) electrons. The molecule has 2 heterocycles. The van der Waals surface area contributed by atoms with Gasteiger partial charge >= 0.3 is 5.69 Å². The van der Waals surface area contributed by atoms with E-state index in [-0.39, 0.29) is 17.9 Å². The van der Waals surface area contributed by atoms with E-state index in [1.54, 1.807) is 17.9 Å². The molecular weight excluding hydrogens is 344 g/mol. The van der Waals surface area contributed by atoms with Crippen molar-refractivity contribution in [2.24, 2.45) is 0 Å². The topological polar surface area (TPSA) is 110 Å². The number of hydrogen-bond acceptors (Lipinski definition) is 5. The van der Waals surface area contributed by atoms with Crippen LogP contribution in [-0.4, -0.2) is 42.8 Å². The minimum Gasteiger partial charge on any atom is -0.334 e. The highest BCUT2D eigenvalue weighted by atomic mass is 79.9. The molecule has 2 rings (SSSR count). The number of nitro groups is 1. The molecule has 2 aromatic heterocycles. The first-order valence-corrected chi connectivity index (χ1v) is 6.88. The number of aryl methyl sites for hydroxylation is 1. The molecule has 0 fully saturated rings. The molecule has 0 aliphatic carbocycles. The van der Waals surface area contributed by atoms with Crippen LogP contribution in [0.15, 0.2) is 16.9 Å². The predicted molar refractivity (Wildman–Crippen MR) is 76.6 cm³/mol. The predicted octanol–water partition coefficient (Wildman–Crippen LogP) is 1.57. The molecule has 21 heavy (non-hydrogen) atoms. The highest BCUT2D eigenvalue weighted by Crippen LogP contribution is 2.20. The normalized spacial score (nSPS) is 10.6. The Bertz CT molecular complexity index is 679. The van der Waals surface area contributed by atoms with Crippen molar-refractivity contribution >= 4 is 27.5 Å². The number of aromatic nitrogens is 4. The molecule has 0 aliphatic rings. The summed E-state index contributed by atoms with van der Waals surface area (Å²) in [6, 6.07) is 0. The monoisotopic (exact) mass is 356 g/mol. The van der Waals surface area contributed by atoms with E-state index in [0.29, 0.717) is 6.54 Å². The van der Waals surface area contributed by atoms with Gasteiger partial charge in [-0.1, -0.05) is 0 Å². The molecule has 0 spiro atoms. The van der Waals surface area contributed by atoms with Crippen molar-refractivity contribution in [3.05, 3.63) is 38.4 Å². The fourth-order valence-corrected chi connectivity index (χ4v) is 2.30. The SMILES string of the molecule is CCn1ncc(Br)c1CN(C)C(=O)c1[nH]ncc1[N+](=O)[O-]. The lowest BCUT2D eigenvalue weighted by Crippen LogP contribution is -2.28. The van der Waals surface area contributed by atoms with Crippen LogP contribution >= 0.6 is 15.9 Å². The largest absolute Gasteiger partial charge is 0.334 e. The van der Waals surface area contributed by atoms with E-state index in [4.69, 9.17) is 0 Å². The van der Waals surface area contributed by atoms with E-state index < -0.39 is 10.8 Å². The summed E-state index contributed by atoms with van der Waals surface area (Å²) in [6.45, 7) is 2.86. The van der Waals surface area contributed by atoms with Gasteiger partial charge in [-0.3, -0.25) is 24.7 Å². The van der Waals surface area contributed by atoms with E-state index in [1.165, 1.54) is 4.90 Å². The molecule has 0 unspecified atom stereocenters. The Balaban J connectivity index is 2.22. The summed E-state index contributed by atoms with van der Waals surface area (Å²) in [7, 11) is 1.56. The molecule has 0 saturated carbocycles. The Morgan fingerprint density at radius 1 is 1.57 bits per heavy atom. The highest BCUT2D eigenvalue weighted by molar-refractivity contribution is 9.10. The number of hydrogen-bond donors (Lipinski definition) is 1. The molecule has 9 nitrogen and oxygen atoms in total. The quantitative estimate of drug-likeness (QED) is 0.645. The molecule has 0 saturated heterocycles. The Hall–Kier alpha value is -2.23. The van der Waals surface area contributed by atoms with E-state index in [9.17, 15) is 14.9 Å². The van der Waals surface area contributed by atoms with Gasteiger partial charge in [0.1, 0.15) is 6.20 Å². The van der Waals surface area contributed by atoms with Crippen LogP contribution in [-0.2, 0) is 13.1 Å². The smallest absolute Gasteiger partial charge is 0.319 e. The summed E-state index contributed by atoms with van der Waals surface area (Å²) in [4.78, 5) is 23.8. The van der Waals surface area contributed by atoms with Crippen molar-refractivity contribution in [2.75, 3.05) is 7.05 Å². The molecular formula is C11H13BrN6O3. The Labute approximate surface area is 128 Å². The van der Waals surface area contributed by atoms with Crippen LogP contribution in [0.1, 0.15) is 23.1 Å². The van der Waals surface area contributed by atoms with Gasteiger partial charge in [0.05, 0.1) is 27.8 Å². The third-order valence-corrected chi connectivity index (χ3v) is 3.62. The minimum atomic E-state index is -0.642. The zero-order chi connectivity index (χ0) is 15.6. The molecule has 0 aliphatic heterocycles. The maximum atomic E-state index is 12.3. The number of amides is 1. The Kier molecular flexibility index (Phi) is 4.36. The summed E-state index contributed by atoms with van der Waals surface area (Å²) in [5.41, 5.74) is 0.339.